The van der Waals surface area contributed by atoms with Gasteiger partial charge in [0.2, 0.25) is 6.36 Å². The first-order valence-corrected chi connectivity index (χ1v) is 6.82. The number of ether oxygens (including phenoxy) is 3. The molecule has 1 aliphatic rings. The van der Waals surface area contributed by atoms with Crippen LogP contribution in [0, 0.1) is 0 Å². The van der Waals surface area contributed by atoms with Crippen LogP contribution in [0.5, 0.6) is 0 Å². The van der Waals surface area contributed by atoms with Gasteiger partial charge in [-0.1, -0.05) is 30.3 Å². The molecule has 6 nitrogen and oxygen atoms in total. The summed E-state index contributed by atoms with van der Waals surface area (Å²) in [5, 5.41) is 19.3. The third-order valence-electron chi connectivity index (χ3n) is 3.25. The minimum Gasteiger partial charge on any atom is -0.454 e. The van der Waals surface area contributed by atoms with Crippen molar-refractivity contribution in [3.8, 4) is 0 Å². The summed E-state index contributed by atoms with van der Waals surface area (Å²) in [6, 6.07) is 8.46. The highest BCUT2D eigenvalue weighted by Gasteiger charge is 2.48. The van der Waals surface area contributed by atoms with Crippen LogP contribution in [0.3, 0.4) is 0 Å². The van der Waals surface area contributed by atoms with E-state index in [0.717, 1.165) is 6.92 Å². The maximum atomic E-state index is 14.1. The van der Waals surface area contributed by atoms with Crippen LogP contribution in [-0.2, 0) is 25.6 Å². The fourth-order valence-corrected chi connectivity index (χ4v) is 2.19. The molecular formula is C15H19FO6. The lowest BCUT2D eigenvalue weighted by Gasteiger charge is -2.40. The molecule has 0 amide bonds. The monoisotopic (exact) mass is 315 g/mol. The molecule has 6 atom stereocenters. The van der Waals surface area contributed by atoms with Gasteiger partial charge in [0, 0.05) is 6.92 Å². The Kier molecular flexibility index (Phi) is 5.33. The first-order chi connectivity index (χ1) is 10.9. The SMILES string of the molecule is [2H]C(O[C@H]1[C@H](O)[C@@H](CO)OC(F)[C@H]1OC(C)=O)c1ccccc1. The minimum absolute atomic E-state index is 0.490. The lowest BCUT2D eigenvalue weighted by molar-refractivity contribution is -0.279. The highest BCUT2D eigenvalue weighted by atomic mass is 19.1. The molecule has 1 heterocycles. The average molecular weight is 315 g/mol. The lowest BCUT2D eigenvalue weighted by Crippen LogP contribution is -2.59. The van der Waals surface area contributed by atoms with Crippen LogP contribution in [0.25, 0.3) is 0 Å². The summed E-state index contributed by atoms with van der Waals surface area (Å²) in [7, 11) is 0. The van der Waals surface area contributed by atoms with Crippen LogP contribution in [0.1, 0.15) is 13.9 Å². The van der Waals surface area contributed by atoms with Gasteiger partial charge in [0.05, 0.1) is 14.6 Å². The van der Waals surface area contributed by atoms with Crippen molar-refractivity contribution < 1.29 is 35.0 Å². The van der Waals surface area contributed by atoms with E-state index in [1.54, 1.807) is 30.3 Å². The summed E-state index contributed by atoms with van der Waals surface area (Å²) in [5.74, 6) is -0.772. The molecule has 2 N–H and O–H groups in total. The zero-order chi connectivity index (χ0) is 17.0. The van der Waals surface area contributed by atoms with Gasteiger partial charge in [0.15, 0.2) is 6.10 Å². The summed E-state index contributed by atoms with van der Waals surface area (Å²) >= 11 is 0. The number of benzene rings is 1. The van der Waals surface area contributed by atoms with E-state index >= 15 is 0 Å². The predicted octanol–water partition coefficient (Wildman–Crippen LogP) is 0.551. The summed E-state index contributed by atoms with van der Waals surface area (Å²) in [5.41, 5.74) is 0.490. The van der Waals surface area contributed by atoms with Crippen molar-refractivity contribution in [2.24, 2.45) is 0 Å². The van der Waals surface area contributed by atoms with E-state index in [0.29, 0.717) is 5.56 Å². The molecule has 1 aromatic rings. The smallest absolute Gasteiger partial charge is 0.303 e. The Hall–Kier alpha value is -1.54. The third kappa shape index (κ3) is 4.01. The normalized spacial score (nSPS) is 33.8. The molecule has 122 valence electrons. The van der Waals surface area contributed by atoms with Gasteiger partial charge in [0.1, 0.15) is 18.3 Å². The molecule has 22 heavy (non-hydrogen) atoms. The number of aliphatic hydroxyl groups excluding tert-OH is 2. The van der Waals surface area contributed by atoms with Crippen molar-refractivity contribution in [2.45, 2.75) is 44.3 Å². The van der Waals surface area contributed by atoms with E-state index < -0.39 is 49.9 Å². The first-order valence-electron chi connectivity index (χ1n) is 7.40. The molecule has 0 radical (unpaired) electrons. The van der Waals surface area contributed by atoms with Crippen LogP contribution in [0.15, 0.2) is 30.3 Å². The number of esters is 1. The fourth-order valence-electron chi connectivity index (χ4n) is 2.19. The van der Waals surface area contributed by atoms with E-state index in [1.807, 2.05) is 0 Å². The quantitative estimate of drug-likeness (QED) is 0.772. The fraction of sp³-hybridized carbons (Fsp3) is 0.533. The van der Waals surface area contributed by atoms with Gasteiger partial charge in [-0.3, -0.25) is 4.79 Å². The second-order valence-corrected chi connectivity index (χ2v) is 4.90. The summed E-state index contributed by atoms with van der Waals surface area (Å²) in [6.07, 6.45) is -7.63. The molecule has 0 bridgehead atoms. The summed E-state index contributed by atoms with van der Waals surface area (Å²) in [4.78, 5) is 11.1. The van der Waals surface area contributed by atoms with Crippen LogP contribution in [0.2, 0.25) is 0 Å². The molecule has 7 heteroatoms. The molecule has 1 saturated heterocycles. The van der Waals surface area contributed by atoms with Crippen molar-refractivity contribution in [3.05, 3.63) is 35.9 Å². The first kappa shape index (κ1) is 15.4. The number of carbonyl (C=O) groups is 1. The molecule has 0 spiro atoms. The van der Waals surface area contributed by atoms with Crippen molar-refractivity contribution in [1.29, 1.82) is 0 Å². The van der Waals surface area contributed by atoms with Gasteiger partial charge in [-0.15, -0.1) is 0 Å². The van der Waals surface area contributed by atoms with Crippen LogP contribution in [0.4, 0.5) is 4.39 Å². The van der Waals surface area contributed by atoms with Crippen LogP contribution >= 0.6 is 0 Å². The number of rotatable bonds is 5. The number of alkyl halides is 1. The van der Waals surface area contributed by atoms with E-state index in [4.69, 9.17) is 20.7 Å². The highest BCUT2D eigenvalue weighted by molar-refractivity contribution is 5.66. The number of carbonyl (C=O) groups excluding carboxylic acids is 1. The molecule has 2 rings (SSSR count). The Balaban J connectivity index is 2.19. The van der Waals surface area contributed by atoms with Gasteiger partial charge < -0.3 is 24.4 Å². The topological polar surface area (TPSA) is 85.2 Å². The Morgan fingerprint density at radius 1 is 1.41 bits per heavy atom. The van der Waals surface area contributed by atoms with Crippen molar-refractivity contribution in [3.63, 3.8) is 0 Å². The van der Waals surface area contributed by atoms with Crippen LogP contribution < -0.4 is 0 Å². The number of halogens is 1. The second kappa shape index (κ2) is 7.64. The third-order valence-corrected chi connectivity index (χ3v) is 3.25. The van der Waals surface area contributed by atoms with E-state index in [-0.39, 0.29) is 0 Å². The van der Waals surface area contributed by atoms with E-state index in [2.05, 4.69) is 0 Å². The van der Waals surface area contributed by atoms with Crippen molar-refractivity contribution in [1.82, 2.24) is 0 Å². The number of hydrogen-bond acceptors (Lipinski definition) is 6. The maximum Gasteiger partial charge on any atom is 0.303 e. The van der Waals surface area contributed by atoms with E-state index in [9.17, 15) is 14.3 Å². The van der Waals surface area contributed by atoms with Gasteiger partial charge >= 0.3 is 5.97 Å². The van der Waals surface area contributed by atoms with Gasteiger partial charge in [-0.25, -0.2) is 4.39 Å². The molecule has 0 saturated carbocycles. The standard InChI is InChI=1S/C15H19FO6/c1-9(18)21-14-13(12(19)11(7-17)22-15(14)16)20-8-10-5-3-2-4-6-10/h2-6,11-15,17,19H,7-8H2,1H3/t11-,12-,13+,14+,15?/m1/s1/i8D/t8?,11-,12-,13+,14+,15?. The Morgan fingerprint density at radius 3 is 2.68 bits per heavy atom. The van der Waals surface area contributed by atoms with E-state index in [1.165, 1.54) is 0 Å². The number of hydrogen-bond donors (Lipinski definition) is 2. The Morgan fingerprint density at radius 2 is 2.09 bits per heavy atom. The number of aliphatic hydroxyl groups is 2. The molecule has 0 aliphatic carbocycles. The summed E-state index contributed by atoms with van der Waals surface area (Å²) in [6.45, 7) is -0.773. The zero-order valence-corrected chi connectivity index (χ0v) is 12.0. The minimum atomic E-state index is -2.08. The molecule has 1 aliphatic heterocycles. The molecule has 1 aromatic carbocycles. The van der Waals surface area contributed by atoms with Gasteiger partial charge in [-0.05, 0) is 5.56 Å². The Labute approximate surface area is 128 Å². The van der Waals surface area contributed by atoms with Gasteiger partial charge in [0.25, 0.3) is 0 Å². The predicted molar refractivity (Wildman–Crippen MR) is 73.4 cm³/mol. The highest BCUT2D eigenvalue weighted by Crippen LogP contribution is 2.27. The van der Waals surface area contributed by atoms with Crippen molar-refractivity contribution >= 4 is 5.97 Å². The largest absolute Gasteiger partial charge is 0.454 e. The molecule has 2 unspecified atom stereocenters. The molecule has 0 aromatic heterocycles. The lowest BCUT2D eigenvalue weighted by atomic mass is 9.99. The Bertz CT molecular complexity index is 516. The zero-order valence-electron chi connectivity index (χ0n) is 13.0. The maximum absolute atomic E-state index is 14.1. The van der Waals surface area contributed by atoms with Crippen LogP contribution in [-0.4, -0.2) is 53.6 Å². The second-order valence-electron chi connectivity index (χ2n) is 4.90. The van der Waals surface area contributed by atoms with Crippen molar-refractivity contribution in [2.75, 3.05) is 6.61 Å². The average Bonchev–Trinajstić information content (AvgIpc) is 2.54. The molecule has 1 fully saturated rings. The summed E-state index contributed by atoms with van der Waals surface area (Å²) < 4.78 is 37.1. The molecular weight excluding hydrogens is 295 g/mol. The van der Waals surface area contributed by atoms with Gasteiger partial charge in [-0.2, -0.15) is 0 Å².